The molecule has 170 valence electrons. The summed E-state index contributed by atoms with van der Waals surface area (Å²) in [4.78, 5) is 28.5. The summed E-state index contributed by atoms with van der Waals surface area (Å²) in [6.45, 7) is 4.46. The Labute approximate surface area is 196 Å². The molecule has 0 aliphatic carbocycles. The molecule has 7 nitrogen and oxygen atoms in total. The quantitative estimate of drug-likeness (QED) is 0.488. The van der Waals surface area contributed by atoms with Crippen LogP contribution in [0.15, 0.2) is 53.6 Å². The lowest BCUT2D eigenvalue weighted by atomic mass is 9.97. The van der Waals surface area contributed by atoms with Crippen LogP contribution in [0.2, 0.25) is 5.15 Å². The van der Waals surface area contributed by atoms with Gasteiger partial charge < -0.3 is 9.84 Å². The number of fused-ring (bicyclic) bond motifs is 1. The molecule has 0 saturated carbocycles. The van der Waals surface area contributed by atoms with Crippen LogP contribution in [0.4, 0.5) is 0 Å². The lowest BCUT2D eigenvalue weighted by molar-refractivity contribution is -0.141. The Morgan fingerprint density at radius 3 is 2.61 bits per heavy atom. The molecule has 4 rings (SSSR count). The predicted octanol–water partition coefficient (Wildman–Crippen LogP) is 5.14. The van der Waals surface area contributed by atoms with E-state index in [-0.39, 0.29) is 23.9 Å². The van der Waals surface area contributed by atoms with Crippen molar-refractivity contribution in [1.29, 1.82) is 0 Å². The number of ether oxygens (including phenoxy) is 1. The summed E-state index contributed by atoms with van der Waals surface area (Å²) in [7, 11) is 0. The van der Waals surface area contributed by atoms with E-state index >= 15 is 0 Å². The number of amides is 1. The molecular formula is C25H24ClN3O4. The van der Waals surface area contributed by atoms with Crippen LogP contribution >= 0.6 is 11.6 Å². The Morgan fingerprint density at radius 1 is 1.15 bits per heavy atom. The number of carbonyl (C=O) groups is 2. The summed E-state index contributed by atoms with van der Waals surface area (Å²) in [5.41, 5.74) is 4.13. The van der Waals surface area contributed by atoms with E-state index in [1.165, 1.54) is 5.01 Å². The molecule has 2 heterocycles. The van der Waals surface area contributed by atoms with Gasteiger partial charge in [0.1, 0.15) is 10.9 Å². The third kappa shape index (κ3) is 4.98. The van der Waals surface area contributed by atoms with Gasteiger partial charge in [-0.25, -0.2) is 9.99 Å². The van der Waals surface area contributed by atoms with E-state index in [0.717, 1.165) is 22.2 Å². The van der Waals surface area contributed by atoms with E-state index in [4.69, 9.17) is 21.4 Å². The number of benzene rings is 2. The van der Waals surface area contributed by atoms with Gasteiger partial charge in [-0.15, -0.1) is 0 Å². The fourth-order valence-corrected chi connectivity index (χ4v) is 4.13. The molecule has 0 saturated heterocycles. The molecule has 8 heteroatoms. The lowest BCUT2D eigenvalue weighted by Gasteiger charge is -2.23. The third-order valence-corrected chi connectivity index (χ3v) is 5.85. The number of aromatic nitrogens is 1. The van der Waals surface area contributed by atoms with Crippen molar-refractivity contribution in [2.24, 2.45) is 5.10 Å². The first-order valence-electron chi connectivity index (χ1n) is 10.8. The van der Waals surface area contributed by atoms with Crippen molar-refractivity contribution in [1.82, 2.24) is 9.99 Å². The van der Waals surface area contributed by atoms with Gasteiger partial charge in [0.25, 0.3) is 0 Å². The topological polar surface area (TPSA) is 92.1 Å². The van der Waals surface area contributed by atoms with E-state index in [1.54, 1.807) is 0 Å². The SMILES string of the molecule is CCOc1ccc2cc([C@H]3CC(c4ccc(C)cc4)=NN3C(=O)CCC(=O)O)c(Cl)nc2c1. The number of aliphatic carboxylic acids is 1. The number of carbonyl (C=O) groups excluding carboxylic acids is 1. The Hall–Kier alpha value is -3.45. The Balaban J connectivity index is 1.71. The molecule has 2 aromatic carbocycles. The summed E-state index contributed by atoms with van der Waals surface area (Å²) >= 11 is 6.59. The number of carboxylic acid groups (broad SMARTS) is 1. The van der Waals surface area contributed by atoms with Crippen molar-refractivity contribution in [3.63, 3.8) is 0 Å². The Morgan fingerprint density at radius 2 is 1.91 bits per heavy atom. The fraction of sp³-hybridized carbons (Fsp3) is 0.280. The molecule has 1 N–H and O–H groups in total. The molecular weight excluding hydrogens is 442 g/mol. The zero-order chi connectivity index (χ0) is 23.5. The fourth-order valence-electron chi connectivity index (χ4n) is 3.86. The minimum Gasteiger partial charge on any atom is -0.494 e. The highest BCUT2D eigenvalue weighted by Gasteiger charge is 2.35. The zero-order valence-corrected chi connectivity index (χ0v) is 19.2. The van der Waals surface area contributed by atoms with Crippen molar-refractivity contribution >= 4 is 40.1 Å². The average molecular weight is 466 g/mol. The smallest absolute Gasteiger partial charge is 0.303 e. The largest absolute Gasteiger partial charge is 0.494 e. The van der Waals surface area contributed by atoms with Gasteiger partial charge in [0, 0.05) is 29.9 Å². The third-order valence-electron chi connectivity index (χ3n) is 5.54. The van der Waals surface area contributed by atoms with Gasteiger partial charge in [-0.05, 0) is 37.6 Å². The van der Waals surface area contributed by atoms with E-state index in [2.05, 4.69) is 10.1 Å². The number of pyridine rings is 1. The Kier molecular flexibility index (Phi) is 6.60. The molecule has 0 bridgehead atoms. The van der Waals surface area contributed by atoms with Crippen molar-refractivity contribution in [2.75, 3.05) is 6.61 Å². The van der Waals surface area contributed by atoms with Gasteiger partial charge >= 0.3 is 5.97 Å². The molecule has 0 radical (unpaired) electrons. The summed E-state index contributed by atoms with van der Waals surface area (Å²) in [5, 5.41) is 16.1. The summed E-state index contributed by atoms with van der Waals surface area (Å²) in [6.07, 6.45) is 0.0417. The van der Waals surface area contributed by atoms with Gasteiger partial charge in [-0.2, -0.15) is 5.10 Å². The minimum absolute atomic E-state index is 0.146. The summed E-state index contributed by atoms with van der Waals surface area (Å²) < 4.78 is 5.55. The van der Waals surface area contributed by atoms with Crippen LogP contribution in [0.1, 0.15) is 48.9 Å². The van der Waals surface area contributed by atoms with Crippen LogP contribution in [0.25, 0.3) is 10.9 Å². The number of nitrogens with zero attached hydrogens (tertiary/aromatic N) is 3. The molecule has 33 heavy (non-hydrogen) atoms. The van der Waals surface area contributed by atoms with Gasteiger partial charge in [0.15, 0.2) is 0 Å². The zero-order valence-electron chi connectivity index (χ0n) is 18.4. The van der Waals surface area contributed by atoms with Crippen LogP contribution in [-0.2, 0) is 9.59 Å². The summed E-state index contributed by atoms with van der Waals surface area (Å²) in [5.74, 6) is -0.692. The molecule has 0 spiro atoms. The van der Waals surface area contributed by atoms with Gasteiger partial charge in [0.2, 0.25) is 5.91 Å². The van der Waals surface area contributed by atoms with Crippen LogP contribution < -0.4 is 4.74 Å². The maximum atomic E-state index is 12.9. The first-order chi connectivity index (χ1) is 15.9. The average Bonchev–Trinajstić information content (AvgIpc) is 3.23. The van der Waals surface area contributed by atoms with Crippen LogP contribution in [0.5, 0.6) is 5.75 Å². The van der Waals surface area contributed by atoms with Crippen LogP contribution in [0.3, 0.4) is 0 Å². The van der Waals surface area contributed by atoms with E-state index in [1.807, 2.05) is 62.4 Å². The maximum absolute atomic E-state index is 12.9. The van der Waals surface area contributed by atoms with Gasteiger partial charge in [0.05, 0.1) is 30.3 Å². The number of hydrogen-bond acceptors (Lipinski definition) is 5. The molecule has 1 atom stereocenters. The van der Waals surface area contributed by atoms with Gasteiger partial charge in [-0.1, -0.05) is 41.4 Å². The monoisotopic (exact) mass is 465 g/mol. The predicted molar refractivity (Wildman–Crippen MR) is 127 cm³/mol. The second-order valence-electron chi connectivity index (χ2n) is 7.92. The van der Waals surface area contributed by atoms with Crippen molar-refractivity contribution in [3.05, 3.63) is 70.4 Å². The molecule has 0 unspecified atom stereocenters. The van der Waals surface area contributed by atoms with E-state index < -0.39 is 12.0 Å². The Bertz CT molecular complexity index is 1240. The van der Waals surface area contributed by atoms with Crippen LogP contribution in [0, 0.1) is 6.92 Å². The molecule has 1 aliphatic rings. The van der Waals surface area contributed by atoms with Crippen molar-refractivity contribution in [3.8, 4) is 5.75 Å². The minimum atomic E-state index is -1.03. The highest BCUT2D eigenvalue weighted by molar-refractivity contribution is 6.30. The highest BCUT2D eigenvalue weighted by atomic mass is 35.5. The van der Waals surface area contributed by atoms with E-state index in [0.29, 0.717) is 29.9 Å². The maximum Gasteiger partial charge on any atom is 0.303 e. The standard InChI is InChI=1S/C25H24ClN3O4/c1-3-33-18-9-8-17-12-19(25(26)27-20(17)13-18)22-14-21(16-6-4-15(2)5-7-16)28-29(22)23(30)10-11-24(31)32/h4-9,12-13,22H,3,10-11,14H2,1-2H3,(H,31,32)/t22-/m1/s1. The first kappa shape index (κ1) is 22.7. The normalized spacial score (nSPS) is 15.5. The number of hydrogen-bond donors (Lipinski definition) is 1. The molecule has 0 fully saturated rings. The number of halogens is 1. The van der Waals surface area contributed by atoms with Crippen LogP contribution in [-0.4, -0.2) is 39.3 Å². The molecule has 1 aliphatic heterocycles. The summed E-state index contributed by atoms with van der Waals surface area (Å²) in [6, 6.07) is 14.9. The van der Waals surface area contributed by atoms with Crippen molar-refractivity contribution in [2.45, 2.75) is 39.2 Å². The number of carboxylic acids is 1. The highest BCUT2D eigenvalue weighted by Crippen LogP contribution is 2.38. The second kappa shape index (κ2) is 9.58. The number of hydrazone groups is 1. The first-order valence-corrected chi connectivity index (χ1v) is 11.1. The molecule has 1 amide bonds. The molecule has 1 aromatic heterocycles. The van der Waals surface area contributed by atoms with E-state index in [9.17, 15) is 9.59 Å². The van der Waals surface area contributed by atoms with Crippen molar-refractivity contribution < 1.29 is 19.4 Å². The number of aryl methyl sites for hydroxylation is 1. The molecule has 3 aromatic rings. The second-order valence-corrected chi connectivity index (χ2v) is 8.28. The number of rotatable bonds is 7. The van der Waals surface area contributed by atoms with Gasteiger partial charge in [-0.3, -0.25) is 9.59 Å². The lowest BCUT2D eigenvalue weighted by Crippen LogP contribution is -2.27.